The van der Waals surface area contributed by atoms with Crippen LogP contribution in [0.4, 0.5) is 0 Å². The third kappa shape index (κ3) is 2.28. The van der Waals surface area contributed by atoms with Gasteiger partial charge in [0.15, 0.2) is 0 Å². The first kappa shape index (κ1) is 15.1. The minimum Gasteiger partial charge on any atom is -0.456 e. The Morgan fingerprint density at radius 1 is 1.43 bits per heavy atom. The van der Waals surface area contributed by atoms with Gasteiger partial charge in [-0.15, -0.1) is 5.10 Å². The summed E-state index contributed by atoms with van der Waals surface area (Å²) >= 11 is 3.32. The normalized spacial score (nSPS) is 31.7. The molecule has 6 nitrogen and oxygen atoms in total. The molecule has 122 valence electrons. The van der Waals surface area contributed by atoms with E-state index >= 15 is 0 Å². The molecule has 0 N–H and O–H groups in total. The summed E-state index contributed by atoms with van der Waals surface area (Å²) in [5.41, 5.74) is 0.375. The number of carbonyl (C=O) groups is 1. The van der Waals surface area contributed by atoms with Crippen molar-refractivity contribution in [3.05, 3.63) is 22.7 Å². The van der Waals surface area contributed by atoms with Crippen LogP contribution in [0, 0.1) is 23.2 Å². The third-order valence-corrected chi connectivity index (χ3v) is 6.30. The van der Waals surface area contributed by atoms with Crippen LogP contribution in [0.25, 0.3) is 5.78 Å². The molecule has 3 aliphatic rings. The van der Waals surface area contributed by atoms with E-state index in [-0.39, 0.29) is 11.9 Å². The lowest BCUT2D eigenvalue weighted by atomic mass is 9.45. The first-order valence-corrected chi connectivity index (χ1v) is 8.74. The number of esters is 1. The fraction of sp³-hybridized carbons (Fsp3) is 0.625. The van der Waals surface area contributed by atoms with Gasteiger partial charge in [0.05, 0.1) is 4.47 Å². The van der Waals surface area contributed by atoms with Gasteiger partial charge in [0.2, 0.25) is 0 Å². The molecule has 3 aliphatic carbocycles. The van der Waals surface area contributed by atoms with Crippen molar-refractivity contribution in [3.63, 3.8) is 0 Å². The Balaban J connectivity index is 1.51. The molecule has 0 amide bonds. The Morgan fingerprint density at radius 2 is 2.22 bits per heavy atom. The number of halogens is 1. The fourth-order valence-corrected chi connectivity index (χ4v) is 4.59. The van der Waals surface area contributed by atoms with Gasteiger partial charge in [-0.2, -0.15) is 4.98 Å². The van der Waals surface area contributed by atoms with E-state index in [1.54, 1.807) is 12.4 Å². The molecule has 0 spiro atoms. The SMILES string of the molecule is CC1C(OC(=O)c2nc3ncc(Br)cn3n2)CC2CC1C2(C)C. The lowest BCUT2D eigenvalue weighted by molar-refractivity contribution is -0.156. The van der Waals surface area contributed by atoms with Gasteiger partial charge in [-0.05, 0) is 51.9 Å². The Bertz CT molecular complexity index is 787. The van der Waals surface area contributed by atoms with Crippen molar-refractivity contribution >= 4 is 27.7 Å². The molecular formula is C16H19BrN4O2. The second-order valence-electron chi connectivity index (χ2n) is 7.35. The summed E-state index contributed by atoms with van der Waals surface area (Å²) in [6.45, 7) is 6.84. The average Bonchev–Trinajstić information content (AvgIpc) is 2.91. The van der Waals surface area contributed by atoms with Gasteiger partial charge < -0.3 is 4.74 Å². The van der Waals surface area contributed by atoms with Crippen LogP contribution in [0.15, 0.2) is 16.9 Å². The van der Waals surface area contributed by atoms with E-state index < -0.39 is 5.97 Å². The number of carbonyl (C=O) groups excluding carboxylic acids is 1. The van der Waals surface area contributed by atoms with Crippen LogP contribution < -0.4 is 0 Å². The summed E-state index contributed by atoms with van der Waals surface area (Å²) in [6.07, 6.45) is 5.50. The smallest absolute Gasteiger partial charge is 0.378 e. The van der Waals surface area contributed by atoms with Gasteiger partial charge in [0.25, 0.3) is 11.6 Å². The van der Waals surface area contributed by atoms with Gasteiger partial charge in [-0.25, -0.2) is 14.3 Å². The molecule has 0 aliphatic heterocycles. The van der Waals surface area contributed by atoms with E-state index in [4.69, 9.17) is 4.74 Å². The van der Waals surface area contributed by atoms with Gasteiger partial charge >= 0.3 is 5.97 Å². The van der Waals surface area contributed by atoms with Crippen LogP contribution in [-0.2, 0) is 4.74 Å². The number of fused-ring (bicyclic) bond motifs is 3. The predicted octanol–water partition coefficient (Wildman–Crippen LogP) is 3.11. The van der Waals surface area contributed by atoms with E-state index in [1.165, 1.54) is 10.9 Å². The Morgan fingerprint density at radius 3 is 2.91 bits per heavy atom. The van der Waals surface area contributed by atoms with Crippen molar-refractivity contribution in [3.8, 4) is 0 Å². The zero-order valence-corrected chi connectivity index (χ0v) is 14.9. The van der Waals surface area contributed by atoms with Gasteiger partial charge in [-0.3, -0.25) is 0 Å². The third-order valence-electron chi connectivity index (χ3n) is 5.89. The summed E-state index contributed by atoms with van der Waals surface area (Å²) in [7, 11) is 0. The molecule has 3 saturated carbocycles. The predicted molar refractivity (Wildman–Crippen MR) is 86.8 cm³/mol. The van der Waals surface area contributed by atoms with Gasteiger partial charge in [0, 0.05) is 12.4 Å². The number of aromatic nitrogens is 4. The minimum atomic E-state index is -0.456. The van der Waals surface area contributed by atoms with Crippen LogP contribution in [0.5, 0.6) is 0 Å². The maximum Gasteiger partial charge on any atom is 0.378 e. The zero-order valence-electron chi connectivity index (χ0n) is 13.4. The van der Waals surface area contributed by atoms with Crippen molar-refractivity contribution < 1.29 is 9.53 Å². The highest BCUT2D eigenvalue weighted by Crippen LogP contribution is 2.61. The zero-order chi connectivity index (χ0) is 16.4. The number of hydrogen-bond donors (Lipinski definition) is 0. The first-order valence-electron chi connectivity index (χ1n) is 7.95. The molecule has 4 unspecified atom stereocenters. The summed E-state index contributed by atoms with van der Waals surface area (Å²) in [4.78, 5) is 20.7. The van der Waals surface area contributed by atoms with E-state index in [2.05, 4.69) is 51.8 Å². The van der Waals surface area contributed by atoms with Crippen LogP contribution in [-0.4, -0.2) is 31.7 Å². The van der Waals surface area contributed by atoms with Crippen molar-refractivity contribution in [1.82, 2.24) is 19.6 Å². The molecule has 7 heteroatoms. The number of rotatable bonds is 2. The molecule has 0 radical (unpaired) electrons. The van der Waals surface area contributed by atoms with E-state index in [0.717, 1.165) is 10.9 Å². The molecule has 23 heavy (non-hydrogen) atoms. The summed E-state index contributed by atoms with van der Waals surface area (Å²) in [5, 5.41) is 4.16. The molecule has 3 fully saturated rings. The Kier molecular flexibility index (Phi) is 3.27. The summed E-state index contributed by atoms with van der Waals surface area (Å²) < 4.78 is 7.98. The largest absolute Gasteiger partial charge is 0.456 e. The molecule has 0 aromatic carbocycles. The van der Waals surface area contributed by atoms with Crippen LogP contribution in [0.1, 0.15) is 44.2 Å². The highest BCUT2D eigenvalue weighted by molar-refractivity contribution is 9.10. The van der Waals surface area contributed by atoms with Crippen molar-refractivity contribution in [2.75, 3.05) is 0 Å². The molecule has 2 aromatic heterocycles. The summed E-state index contributed by atoms with van der Waals surface area (Å²) in [6, 6.07) is 0. The molecule has 2 aromatic rings. The molecule has 2 bridgehead atoms. The van der Waals surface area contributed by atoms with Crippen LogP contribution in [0.3, 0.4) is 0 Å². The van der Waals surface area contributed by atoms with E-state index in [1.807, 2.05) is 0 Å². The molecule has 0 saturated heterocycles. The second kappa shape index (κ2) is 5.00. The van der Waals surface area contributed by atoms with Crippen LogP contribution in [0.2, 0.25) is 0 Å². The minimum absolute atomic E-state index is 0.0365. The van der Waals surface area contributed by atoms with Gasteiger partial charge in [-0.1, -0.05) is 20.8 Å². The maximum atomic E-state index is 12.4. The van der Waals surface area contributed by atoms with Gasteiger partial charge in [0.1, 0.15) is 6.10 Å². The van der Waals surface area contributed by atoms with Crippen LogP contribution >= 0.6 is 15.9 Å². The molecule has 4 atom stereocenters. The van der Waals surface area contributed by atoms with E-state index in [0.29, 0.717) is 28.9 Å². The quantitative estimate of drug-likeness (QED) is 0.750. The first-order chi connectivity index (χ1) is 10.9. The van der Waals surface area contributed by atoms with Crippen molar-refractivity contribution in [2.24, 2.45) is 23.2 Å². The van der Waals surface area contributed by atoms with Crippen molar-refractivity contribution in [1.29, 1.82) is 0 Å². The fourth-order valence-electron chi connectivity index (χ4n) is 4.29. The van der Waals surface area contributed by atoms with E-state index in [9.17, 15) is 4.79 Å². The lowest BCUT2D eigenvalue weighted by Crippen LogP contribution is -2.57. The maximum absolute atomic E-state index is 12.4. The molecular weight excluding hydrogens is 360 g/mol. The average molecular weight is 379 g/mol. The highest BCUT2D eigenvalue weighted by Gasteiger charge is 2.57. The second-order valence-corrected chi connectivity index (χ2v) is 8.27. The number of nitrogens with zero attached hydrogens (tertiary/aromatic N) is 4. The number of hydrogen-bond acceptors (Lipinski definition) is 5. The van der Waals surface area contributed by atoms with Crippen molar-refractivity contribution in [2.45, 2.75) is 39.7 Å². The lowest BCUT2D eigenvalue weighted by Gasteiger charge is -2.61. The standard InChI is InChI=1S/C16H19BrN4O2/c1-8-11-4-9(16(11,2)3)5-12(8)23-14(22)13-19-15-18-6-10(17)7-21(15)20-13/h6-9,11-12H,4-5H2,1-3H3. The molecule has 2 heterocycles. The Hall–Kier alpha value is -1.50. The monoisotopic (exact) mass is 378 g/mol. The topological polar surface area (TPSA) is 69.4 Å². The summed E-state index contributed by atoms with van der Waals surface area (Å²) in [5.74, 6) is 1.66. The highest BCUT2D eigenvalue weighted by atomic mass is 79.9. The molecule has 5 rings (SSSR count). The number of ether oxygens (including phenoxy) is 1. The Labute approximate surface area is 142 Å².